The van der Waals surface area contributed by atoms with Gasteiger partial charge < -0.3 is 4.74 Å². The largest absolute Gasteiger partial charge is 0.460 e. The summed E-state index contributed by atoms with van der Waals surface area (Å²) in [5.74, 6) is -36.6. The minimum atomic E-state index is -7.86. The summed E-state index contributed by atoms with van der Waals surface area (Å²) in [5.41, 5.74) is 0. The number of hydrogen-bond donors (Lipinski definition) is 0. The van der Waals surface area contributed by atoms with Crippen LogP contribution in [0.25, 0.3) is 0 Å². The van der Waals surface area contributed by atoms with Gasteiger partial charge in [-0.15, -0.1) is 6.58 Å². The molecule has 0 N–H and O–H groups in total. The second-order valence-corrected chi connectivity index (χ2v) is 7.06. The Hall–Kier alpha value is -1.21. The van der Waals surface area contributed by atoms with Gasteiger partial charge in [0.2, 0.25) is 0 Å². The first kappa shape index (κ1) is 30.8. The van der Waals surface area contributed by atoms with Crippen molar-refractivity contribution in [3.8, 4) is 0 Å². The minimum Gasteiger partial charge on any atom is -0.381 e. The molecule has 0 atom stereocenters. The van der Waals surface area contributed by atoms with Crippen molar-refractivity contribution in [3.63, 3.8) is 0 Å². The normalized spacial score (nSPS) is 14.7. The Balaban J connectivity index is 4.85. The van der Waals surface area contributed by atoms with Crippen LogP contribution in [0.5, 0.6) is 0 Å². The topological polar surface area (TPSA) is 9.23 Å². The third-order valence-corrected chi connectivity index (χ3v) is 4.51. The first-order valence-corrected chi connectivity index (χ1v) is 9.45. The number of alkyl halides is 13. The van der Waals surface area contributed by atoms with Crippen molar-refractivity contribution in [2.24, 2.45) is 0 Å². The van der Waals surface area contributed by atoms with Crippen molar-refractivity contribution >= 4 is 0 Å². The van der Waals surface area contributed by atoms with Crippen molar-refractivity contribution < 1.29 is 61.8 Å². The van der Waals surface area contributed by atoms with Crippen molar-refractivity contribution in [2.45, 2.75) is 87.2 Å². The molecule has 192 valence electrons. The van der Waals surface area contributed by atoms with Gasteiger partial charge in [0.1, 0.15) is 0 Å². The molecule has 0 rings (SSSR count). The van der Waals surface area contributed by atoms with Gasteiger partial charge in [-0.1, -0.05) is 31.8 Å². The Morgan fingerprint density at radius 3 is 1.44 bits per heavy atom. The van der Waals surface area contributed by atoms with E-state index in [0.717, 1.165) is 32.1 Å². The summed E-state index contributed by atoms with van der Waals surface area (Å²) < 4.78 is 173. The summed E-state index contributed by atoms with van der Waals surface area (Å²) in [6.45, 7) is 1.92. The number of allylic oxidation sites excluding steroid dienone is 1. The molecule has 14 heteroatoms. The highest BCUT2D eigenvalue weighted by Gasteiger charge is 2.90. The van der Waals surface area contributed by atoms with Gasteiger partial charge in [0.25, 0.3) is 0 Å². The maximum atomic E-state index is 13.5. The van der Waals surface area contributed by atoms with Gasteiger partial charge in [-0.05, 0) is 19.3 Å². The number of hydrogen-bond acceptors (Lipinski definition) is 1. The Morgan fingerprint density at radius 2 is 0.969 bits per heavy atom. The van der Waals surface area contributed by atoms with Gasteiger partial charge in [0.15, 0.2) is 0 Å². The molecule has 0 bridgehead atoms. The van der Waals surface area contributed by atoms with E-state index < -0.39 is 48.8 Å². The van der Waals surface area contributed by atoms with E-state index in [4.69, 9.17) is 0 Å². The summed E-state index contributed by atoms with van der Waals surface area (Å²) in [5, 5.41) is 0. The summed E-state index contributed by atoms with van der Waals surface area (Å²) in [6.07, 6.45) is -2.93. The molecular formula is C18H23F13O. The first-order chi connectivity index (χ1) is 14.3. The first-order valence-electron chi connectivity index (χ1n) is 9.45. The summed E-state index contributed by atoms with van der Waals surface area (Å²) >= 11 is 0. The molecule has 0 aliphatic carbocycles. The van der Waals surface area contributed by atoms with Crippen LogP contribution >= 0.6 is 0 Å². The lowest BCUT2D eigenvalue weighted by molar-refractivity contribution is -0.440. The average Bonchev–Trinajstić information content (AvgIpc) is 2.64. The molecule has 0 aromatic heterocycles. The minimum absolute atomic E-state index is 0.271. The Bertz CT molecular complexity index is 570. The molecule has 32 heavy (non-hydrogen) atoms. The SMILES string of the molecule is C=CCCCCCCCCOCCC(F)(F)C(F)(F)C(F)(F)C(F)(F)C(F)(F)C(F)(F)F. The molecule has 1 nitrogen and oxygen atoms in total. The Morgan fingerprint density at radius 1 is 0.531 bits per heavy atom. The van der Waals surface area contributed by atoms with E-state index in [2.05, 4.69) is 11.3 Å². The van der Waals surface area contributed by atoms with Gasteiger partial charge in [-0.2, -0.15) is 57.1 Å². The second-order valence-electron chi connectivity index (χ2n) is 7.06. The molecule has 0 amide bonds. The number of unbranched alkanes of at least 4 members (excludes halogenated alkanes) is 6. The summed E-state index contributed by atoms with van der Waals surface area (Å²) in [7, 11) is 0. The fourth-order valence-electron chi connectivity index (χ4n) is 2.46. The highest BCUT2D eigenvalue weighted by atomic mass is 19.4. The standard InChI is InChI=1S/C18H23F13O/c1-2-3-4-5-6-7-8-9-11-32-12-10-13(19,20)14(21,22)15(23,24)16(25,26)17(27,28)18(29,30)31/h2H,1,3-12H2. The maximum absolute atomic E-state index is 13.5. The van der Waals surface area contributed by atoms with E-state index in [0.29, 0.717) is 6.42 Å². The maximum Gasteiger partial charge on any atom is 0.460 e. The number of rotatable bonds is 16. The molecule has 0 unspecified atom stereocenters. The van der Waals surface area contributed by atoms with Crippen LogP contribution in [0.2, 0.25) is 0 Å². The molecule has 0 aliphatic rings. The predicted molar refractivity (Wildman–Crippen MR) is 88.7 cm³/mol. The van der Waals surface area contributed by atoms with Crippen molar-refractivity contribution in [3.05, 3.63) is 12.7 Å². The van der Waals surface area contributed by atoms with Crippen LogP contribution in [0.4, 0.5) is 57.1 Å². The Kier molecular flexibility index (Phi) is 10.9. The van der Waals surface area contributed by atoms with Crippen LogP contribution in [0.3, 0.4) is 0 Å². The van der Waals surface area contributed by atoms with E-state index in [1.54, 1.807) is 6.08 Å². The lowest BCUT2D eigenvalue weighted by Gasteiger charge is -2.39. The highest BCUT2D eigenvalue weighted by molar-refractivity contribution is 5.10. The monoisotopic (exact) mass is 502 g/mol. The molecule has 0 spiro atoms. The van der Waals surface area contributed by atoms with Gasteiger partial charge in [-0.3, -0.25) is 0 Å². The van der Waals surface area contributed by atoms with Crippen LogP contribution in [0, 0.1) is 0 Å². The molecule has 0 aliphatic heterocycles. The lowest BCUT2D eigenvalue weighted by atomic mass is 9.93. The number of halogens is 13. The molecule has 0 aromatic rings. The zero-order chi connectivity index (χ0) is 25.5. The summed E-state index contributed by atoms with van der Waals surface area (Å²) in [6, 6.07) is 0. The average molecular weight is 502 g/mol. The third-order valence-electron chi connectivity index (χ3n) is 4.51. The summed E-state index contributed by atoms with van der Waals surface area (Å²) in [4.78, 5) is 0. The van der Waals surface area contributed by atoms with Gasteiger partial charge in [-0.25, -0.2) is 0 Å². The van der Waals surface area contributed by atoms with Crippen molar-refractivity contribution in [1.29, 1.82) is 0 Å². The smallest absolute Gasteiger partial charge is 0.381 e. The molecule has 0 radical (unpaired) electrons. The van der Waals surface area contributed by atoms with Crippen LogP contribution in [-0.2, 0) is 4.74 Å². The molecule has 0 saturated heterocycles. The van der Waals surface area contributed by atoms with Crippen LogP contribution in [-0.4, -0.2) is 49.0 Å². The van der Waals surface area contributed by atoms with E-state index in [1.807, 2.05) is 0 Å². The van der Waals surface area contributed by atoms with Gasteiger partial charge in [0, 0.05) is 13.0 Å². The predicted octanol–water partition coefficient (Wildman–Crippen LogP) is 8.05. The molecule has 0 aromatic carbocycles. The van der Waals surface area contributed by atoms with E-state index in [9.17, 15) is 57.1 Å². The molecule has 0 saturated carbocycles. The van der Waals surface area contributed by atoms with Crippen LogP contribution < -0.4 is 0 Å². The van der Waals surface area contributed by atoms with E-state index in [-0.39, 0.29) is 13.0 Å². The third kappa shape index (κ3) is 6.66. The van der Waals surface area contributed by atoms with Crippen LogP contribution in [0.1, 0.15) is 51.4 Å². The quantitative estimate of drug-likeness (QED) is 0.118. The van der Waals surface area contributed by atoms with Crippen molar-refractivity contribution in [2.75, 3.05) is 13.2 Å². The van der Waals surface area contributed by atoms with Gasteiger partial charge >= 0.3 is 35.8 Å². The fraction of sp³-hybridized carbons (Fsp3) is 0.889. The van der Waals surface area contributed by atoms with Gasteiger partial charge in [0.05, 0.1) is 6.61 Å². The zero-order valence-electron chi connectivity index (χ0n) is 16.7. The van der Waals surface area contributed by atoms with E-state index in [1.165, 1.54) is 0 Å². The van der Waals surface area contributed by atoms with E-state index >= 15 is 0 Å². The fourth-order valence-corrected chi connectivity index (χ4v) is 2.46. The second kappa shape index (κ2) is 11.3. The lowest BCUT2D eigenvalue weighted by Crippen LogP contribution is -2.70. The zero-order valence-corrected chi connectivity index (χ0v) is 16.7. The molecule has 0 heterocycles. The highest BCUT2D eigenvalue weighted by Crippen LogP contribution is 2.60. The Labute approximate surface area is 176 Å². The molecular weight excluding hydrogens is 479 g/mol. The van der Waals surface area contributed by atoms with Crippen LogP contribution in [0.15, 0.2) is 12.7 Å². The number of ether oxygens (including phenoxy) is 1. The molecule has 0 fully saturated rings. The van der Waals surface area contributed by atoms with Crippen molar-refractivity contribution in [1.82, 2.24) is 0 Å².